The first kappa shape index (κ1) is 11.0. The Morgan fingerprint density at radius 2 is 2.36 bits per heavy atom. The Hall–Kier alpha value is -1.09. The summed E-state index contributed by atoms with van der Waals surface area (Å²) in [5.41, 5.74) is 0.947. The molecule has 0 fully saturated rings. The zero-order valence-electron chi connectivity index (χ0n) is 7.92. The zero-order chi connectivity index (χ0) is 10.6. The van der Waals surface area contributed by atoms with Gasteiger partial charge in [0.25, 0.3) is 0 Å². The molecule has 1 aromatic carbocycles. The van der Waals surface area contributed by atoms with E-state index in [1.165, 1.54) is 6.08 Å². The van der Waals surface area contributed by atoms with Gasteiger partial charge in [0.2, 0.25) is 0 Å². The largest absolute Gasteiger partial charge is 0.496 e. The van der Waals surface area contributed by atoms with E-state index in [2.05, 4.69) is 22.5 Å². The van der Waals surface area contributed by atoms with Crippen LogP contribution in [0.1, 0.15) is 5.56 Å². The van der Waals surface area contributed by atoms with Gasteiger partial charge in [-0.2, -0.15) is 0 Å². The summed E-state index contributed by atoms with van der Waals surface area (Å²) >= 11 is 3.36. The average molecular weight is 255 g/mol. The first-order valence-electron chi connectivity index (χ1n) is 4.15. The molecule has 0 heterocycles. The Morgan fingerprint density at radius 1 is 1.64 bits per heavy atom. The number of ketones is 1. The lowest BCUT2D eigenvalue weighted by Crippen LogP contribution is -1.98. The molecule has 0 aliphatic heterocycles. The van der Waals surface area contributed by atoms with Crippen LogP contribution in [0, 0.1) is 0 Å². The normalized spacial score (nSPS) is 9.57. The van der Waals surface area contributed by atoms with Gasteiger partial charge in [0, 0.05) is 6.42 Å². The van der Waals surface area contributed by atoms with E-state index in [0.717, 1.165) is 15.8 Å². The number of carbonyl (C=O) groups is 1. The second kappa shape index (κ2) is 4.96. The first-order chi connectivity index (χ1) is 6.67. The number of hydrogen-bond donors (Lipinski definition) is 0. The second-order valence-corrected chi connectivity index (χ2v) is 3.67. The zero-order valence-corrected chi connectivity index (χ0v) is 9.50. The molecule has 0 radical (unpaired) electrons. The number of carbonyl (C=O) groups excluding carboxylic acids is 1. The molecule has 0 aliphatic carbocycles. The first-order valence-corrected chi connectivity index (χ1v) is 4.94. The molecule has 0 amide bonds. The molecule has 0 aromatic heterocycles. The lowest BCUT2D eigenvalue weighted by Gasteiger charge is -2.04. The van der Waals surface area contributed by atoms with Crippen molar-refractivity contribution in [3.8, 4) is 5.75 Å². The van der Waals surface area contributed by atoms with Gasteiger partial charge in [-0.05, 0) is 39.7 Å². The highest BCUT2D eigenvalue weighted by atomic mass is 79.9. The lowest BCUT2D eigenvalue weighted by atomic mass is 10.1. The molecule has 0 saturated heterocycles. The van der Waals surface area contributed by atoms with E-state index >= 15 is 0 Å². The highest BCUT2D eigenvalue weighted by Crippen LogP contribution is 2.25. The Morgan fingerprint density at radius 3 is 2.86 bits per heavy atom. The monoisotopic (exact) mass is 254 g/mol. The quantitative estimate of drug-likeness (QED) is 0.773. The molecule has 2 nitrogen and oxygen atoms in total. The van der Waals surface area contributed by atoms with Crippen molar-refractivity contribution in [2.75, 3.05) is 7.11 Å². The fourth-order valence-electron chi connectivity index (χ4n) is 1.09. The van der Waals surface area contributed by atoms with E-state index in [1.54, 1.807) is 7.11 Å². The molecule has 0 atom stereocenters. The van der Waals surface area contributed by atoms with Crippen LogP contribution in [0.5, 0.6) is 5.75 Å². The van der Waals surface area contributed by atoms with Gasteiger partial charge >= 0.3 is 0 Å². The van der Waals surface area contributed by atoms with Gasteiger partial charge in [-0.3, -0.25) is 4.79 Å². The maximum absolute atomic E-state index is 11.1. The molecule has 0 spiro atoms. The van der Waals surface area contributed by atoms with Crippen LogP contribution in [-0.4, -0.2) is 12.9 Å². The van der Waals surface area contributed by atoms with Gasteiger partial charge in [0.1, 0.15) is 5.75 Å². The summed E-state index contributed by atoms with van der Waals surface area (Å²) in [5.74, 6) is 0.780. The highest BCUT2D eigenvalue weighted by molar-refractivity contribution is 9.10. The van der Waals surface area contributed by atoms with Crippen molar-refractivity contribution < 1.29 is 9.53 Å². The van der Waals surface area contributed by atoms with E-state index in [9.17, 15) is 4.79 Å². The van der Waals surface area contributed by atoms with Gasteiger partial charge in [0.15, 0.2) is 5.78 Å². The van der Waals surface area contributed by atoms with E-state index in [-0.39, 0.29) is 5.78 Å². The van der Waals surface area contributed by atoms with E-state index < -0.39 is 0 Å². The summed E-state index contributed by atoms with van der Waals surface area (Å²) in [6, 6.07) is 5.57. The fraction of sp³-hybridized carbons (Fsp3) is 0.182. The number of rotatable bonds is 4. The van der Waals surface area contributed by atoms with Crippen molar-refractivity contribution in [2.45, 2.75) is 6.42 Å². The topological polar surface area (TPSA) is 26.3 Å². The van der Waals surface area contributed by atoms with Crippen molar-refractivity contribution >= 4 is 21.7 Å². The number of halogens is 1. The smallest absolute Gasteiger partial charge is 0.159 e. The molecule has 1 rings (SSSR count). The molecular weight excluding hydrogens is 244 g/mol. The predicted octanol–water partition coefficient (Wildman–Crippen LogP) is 2.76. The van der Waals surface area contributed by atoms with Crippen molar-refractivity contribution in [1.82, 2.24) is 0 Å². The molecule has 0 bridgehead atoms. The van der Waals surface area contributed by atoms with Crippen LogP contribution >= 0.6 is 15.9 Å². The van der Waals surface area contributed by atoms with Crippen LogP contribution in [-0.2, 0) is 11.2 Å². The molecule has 0 aliphatic rings. The molecular formula is C11H11BrO2. The summed E-state index contributed by atoms with van der Waals surface area (Å²) < 4.78 is 5.94. The van der Waals surface area contributed by atoms with Gasteiger partial charge in [0.05, 0.1) is 11.6 Å². The summed E-state index contributed by atoms with van der Waals surface area (Å²) in [6.45, 7) is 3.43. The Labute approximate surface area is 91.7 Å². The number of allylic oxidation sites excluding steroid dienone is 1. The molecule has 0 unspecified atom stereocenters. The lowest BCUT2D eigenvalue weighted by molar-refractivity contribution is -0.114. The third-order valence-electron chi connectivity index (χ3n) is 1.82. The Balaban J connectivity index is 2.86. The molecule has 0 saturated carbocycles. The maximum atomic E-state index is 11.1. The highest BCUT2D eigenvalue weighted by Gasteiger charge is 2.03. The van der Waals surface area contributed by atoms with Crippen molar-refractivity contribution in [3.05, 3.63) is 40.9 Å². The van der Waals surface area contributed by atoms with Crippen LogP contribution in [0.15, 0.2) is 35.3 Å². The predicted molar refractivity (Wildman–Crippen MR) is 59.6 cm³/mol. The van der Waals surface area contributed by atoms with Crippen LogP contribution in [0.25, 0.3) is 0 Å². The number of methoxy groups -OCH3 is 1. The third-order valence-corrected chi connectivity index (χ3v) is 2.44. The summed E-state index contributed by atoms with van der Waals surface area (Å²) in [5, 5.41) is 0. The second-order valence-electron chi connectivity index (χ2n) is 2.82. The minimum atomic E-state index is 0.0158. The third kappa shape index (κ3) is 2.70. The van der Waals surface area contributed by atoms with Crippen LogP contribution in [0.2, 0.25) is 0 Å². The van der Waals surface area contributed by atoms with Crippen molar-refractivity contribution in [1.29, 1.82) is 0 Å². The Kier molecular flexibility index (Phi) is 3.89. The molecule has 3 heteroatoms. The van der Waals surface area contributed by atoms with E-state index in [0.29, 0.717) is 6.42 Å². The van der Waals surface area contributed by atoms with E-state index in [4.69, 9.17) is 4.74 Å². The average Bonchev–Trinajstić information content (AvgIpc) is 2.18. The van der Waals surface area contributed by atoms with Gasteiger partial charge < -0.3 is 4.74 Å². The van der Waals surface area contributed by atoms with Crippen LogP contribution in [0.4, 0.5) is 0 Å². The van der Waals surface area contributed by atoms with Crippen LogP contribution < -0.4 is 4.74 Å². The summed E-state index contributed by atoms with van der Waals surface area (Å²) in [6.07, 6.45) is 1.71. The molecule has 1 aromatic rings. The van der Waals surface area contributed by atoms with Crippen LogP contribution in [0.3, 0.4) is 0 Å². The number of ether oxygens (including phenoxy) is 1. The number of hydrogen-bond acceptors (Lipinski definition) is 2. The fourth-order valence-corrected chi connectivity index (χ4v) is 1.68. The SMILES string of the molecule is C=CC(=O)Cc1ccc(OC)c(Br)c1. The maximum Gasteiger partial charge on any atom is 0.159 e. The summed E-state index contributed by atoms with van der Waals surface area (Å²) in [4.78, 5) is 11.1. The van der Waals surface area contributed by atoms with Gasteiger partial charge in [-0.25, -0.2) is 0 Å². The standard InChI is InChI=1S/C11H11BrO2/c1-3-9(13)6-8-4-5-11(14-2)10(12)7-8/h3-5,7H,1,6H2,2H3. The van der Waals surface area contributed by atoms with Crippen molar-refractivity contribution in [3.63, 3.8) is 0 Å². The summed E-state index contributed by atoms with van der Waals surface area (Å²) in [7, 11) is 1.61. The van der Waals surface area contributed by atoms with Gasteiger partial charge in [-0.1, -0.05) is 12.6 Å². The number of benzene rings is 1. The van der Waals surface area contributed by atoms with Gasteiger partial charge in [-0.15, -0.1) is 0 Å². The molecule has 74 valence electrons. The van der Waals surface area contributed by atoms with Crippen molar-refractivity contribution in [2.24, 2.45) is 0 Å². The minimum Gasteiger partial charge on any atom is -0.496 e. The molecule has 0 N–H and O–H groups in total. The minimum absolute atomic E-state index is 0.0158. The Bertz CT molecular complexity index is 358. The van der Waals surface area contributed by atoms with E-state index in [1.807, 2.05) is 18.2 Å². The molecule has 14 heavy (non-hydrogen) atoms.